The summed E-state index contributed by atoms with van der Waals surface area (Å²) in [6.45, 7) is 2.85. The average Bonchev–Trinajstić information content (AvgIpc) is 2.71. The Bertz CT molecular complexity index is 409. The molecule has 2 amide bonds. The summed E-state index contributed by atoms with van der Waals surface area (Å²) < 4.78 is 0. The molecular formula is C24H49N3O2. The number of nitrogens with one attached hydrogen (secondary N) is 1. The molecule has 0 aliphatic heterocycles. The van der Waals surface area contributed by atoms with E-state index >= 15 is 0 Å². The molecule has 1 unspecified atom stereocenters. The van der Waals surface area contributed by atoms with E-state index in [9.17, 15) is 9.59 Å². The zero-order chi connectivity index (χ0) is 20.5. The van der Waals surface area contributed by atoms with E-state index in [1.807, 2.05) is 0 Å². The Labute approximate surface area is 179 Å². The zero-order valence-corrected chi connectivity index (χ0v) is 19.2. The molecule has 1 aliphatic carbocycles. The molecule has 1 aliphatic rings. The maximum absolute atomic E-state index is 11.3. The molecule has 172 valence electrons. The fourth-order valence-electron chi connectivity index (χ4n) is 4.77. The molecule has 0 aromatic rings. The lowest BCUT2D eigenvalue weighted by atomic mass is 9.76. The van der Waals surface area contributed by atoms with Crippen LogP contribution in [0.2, 0.25) is 0 Å². The molecule has 1 atom stereocenters. The van der Waals surface area contributed by atoms with Crippen molar-refractivity contribution in [3.8, 4) is 0 Å². The zero-order valence-electron chi connectivity index (χ0n) is 19.2. The van der Waals surface area contributed by atoms with Crippen molar-refractivity contribution in [2.45, 2.75) is 122 Å². The van der Waals surface area contributed by atoms with Crippen molar-refractivity contribution in [3.05, 3.63) is 0 Å². The second-order valence-electron chi connectivity index (χ2n) is 8.89. The highest BCUT2D eigenvalue weighted by molar-refractivity contribution is 6.34. The van der Waals surface area contributed by atoms with Crippen LogP contribution in [0.5, 0.6) is 0 Å². The number of carbonyl (C=O) groups excluding carboxylic acids is 2. The van der Waals surface area contributed by atoms with Gasteiger partial charge in [-0.2, -0.15) is 0 Å². The van der Waals surface area contributed by atoms with Crippen LogP contribution < -0.4 is 17.2 Å². The van der Waals surface area contributed by atoms with Gasteiger partial charge in [0.1, 0.15) is 0 Å². The number of hydrogen-bond donors (Lipinski definition) is 3. The van der Waals surface area contributed by atoms with Crippen LogP contribution >= 0.6 is 0 Å². The van der Waals surface area contributed by atoms with Crippen LogP contribution in [0, 0.1) is 11.8 Å². The second kappa shape index (κ2) is 18.9. The summed E-state index contributed by atoms with van der Waals surface area (Å²) >= 11 is 0. The lowest BCUT2D eigenvalue weighted by Gasteiger charge is -2.30. The smallest absolute Gasteiger partial charge is 0.309 e. The normalized spacial score (nSPS) is 15.5. The van der Waals surface area contributed by atoms with Crippen molar-refractivity contribution in [2.75, 3.05) is 6.54 Å². The number of nitrogens with two attached hydrogens (primary N) is 1. The predicted molar refractivity (Wildman–Crippen MR) is 123 cm³/mol. The number of carbonyl (C=O) groups is 2. The van der Waals surface area contributed by atoms with Gasteiger partial charge in [0.15, 0.2) is 0 Å². The molecular weight excluding hydrogens is 362 g/mol. The van der Waals surface area contributed by atoms with Crippen LogP contribution in [0.15, 0.2) is 0 Å². The van der Waals surface area contributed by atoms with Gasteiger partial charge in [-0.05, 0) is 24.7 Å². The van der Waals surface area contributed by atoms with Gasteiger partial charge in [0.05, 0.1) is 0 Å². The number of unbranched alkanes of at least 4 members (excludes halogenated alkanes) is 9. The molecule has 5 heteroatoms. The molecule has 1 rings (SSSR count). The number of hydrogen-bond acceptors (Lipinski definition) is 3. The summed E-state index contributed by atoms with van der Waals surface area (Å²) in [7, 11) is 0. The molecule has 29 heavy (non-hydrogen) atoms. The summed E-state index contributed by atoms with van der Waals surface area (Å²) in [5.41, 5.74) is 4.99. The van der Waals surface area contributed by atoms with E-state index in [2.05, 4.69) is 12.2 Å². The lowest BCUT2D eigenvalue weighted by molar-refractivity contribution is -0.137. The van der Waals surface area contributed by atoms with Crippen molar-refractivity contribution < 1.29 is 9.59 Å². The van der Waals surface area contributed by atoms with Gasteiger partial charge in [-0.15, -0.1) is 0 Å². The quantitative estimate of drug-likeness (QED) is 0.213. The Hall–Kier alpha value is -1.10. The molecule has 0 spiro atoms. The van der Waals surface area contributed by atoms with Crippen molar-refractivity contribution in [2.24, 2.45) is 17.6 Å². The van der Waals surface area contributed by atoms with Crippen molar-refractivity contribution in [1.82, 2.24) is 11.5 Å². The molecule has 1 fully saturated rings. The first-order valence-electron chi connectivity index (χ1n) is 12.2. The third-order valence-electron chi connectivity index (χ3n) is 6.51. The van der Waals surface area contributed by atoms with Gasteiger partial charge >= 0.3 is 11.8 Å². The van der Waals surface area contributed by atoms with Gasteiger partial charge in [-0.3, -0.25) is 9.59 Å². The Morgan fingerprint density at radius 1 is 0.828 bits per heavy atom. The largest absolute Gasteiger partial charge is 0.361 e. The van der Waals surface area contributed by atoms with E-state index in [1.54, 1.807) is 0 Å². The fraction of sp³-hybridized carbons (Fsp3) is 0.917. The Kier molecular flexibility index (Phi) is 18.2. The van der Waals surface area contributed by atoms with Gasteiger partial charge in [-0.25, -0.2) is 0 Å². The van der Waals surface area contributed by atoms with Crippen LogP contribution in [-0.2, 0) is 9.59 Å². The summed E-state index contributed by atoms with van der Waals surface area (Å²) in [6, 6.07) is 0. The molecule has 5 nitrogen and oxygen atoms in total. The maximum Gasteiger partial charge on any atom is 0.309 e. The van der Waals surface area contributed by atoms with E-state index in [-0.39, 0.29) is 6.15 Å². The van der Waals surface area contributed by atoms with E-state index in [0.717, 1.165) is 18.3 Å². The monoisotopic (exact) mass is 411 g/mol. The van der Waals surface area contributed by atoms with Crippen molar-refractivity contribution >= 4 is 11.8 Å². The van der Waals surface area contributed by atoms with Gasteiger partial charge in [0, 0.05) is 6.54 Å². The molecule has 1 saturated carbocycles. The second-order valence-corrected chi connectivity index (χ2v) is 8.89. The highest BCUT2D eigenvalue weighted by Crippen LogP contribution is 2.35. The molecule has 0 bridgehead atoms. The first-order chi connectivity index (χ1) is 13.6. The third-order valence-corrected chi connectivity index (χ3v) is 6.51. The summed E-state index contributed by atoms with van der Waals surface area (Å²) in [5, 5.41) is 2.64. The Morgan fingerprint density at radius 2 is 1.34 bits per heavy atom. The van der Waals surface area contributed by atoms with Crippen LogP contribution in [0.25, 0.3) is 0 Å². The van der Waals surface area contributed by atoms with Crippen molar-refractivity contribution in [1.29, 1.82) is 0 Å². The highest BCUT2D eigenvalue weighted by Gasteiger charge is 2.23. The lowest BCUT2D eigenvalue weighted by Crippen LogP contribution is -2.36. The van der Waals surface area contributed by atoms with E-state index in [4.69, 9.17) is 5.73 Å². The van der Waals surface area contributed by atoms with Crippen LogP contribution in [-0.4, -0.2) is 18.4 Å². The minimum absolute atomic E-state index is 0. The summed E-state index contributed by atoms with van der Waals surface area (Å²) in [5.74, 6) is 0.136. The van der Waals surface area contributed by atoms with Gasteiger partial charge in [0.25, 0.3) is 0 Å². The third kappa shape index (κ3) is 14.5. The summed E-state index contributed by atoms with van der Waals surface area (Å²) in [6.07, 6.45) is 24.3. The topological polar surface area (TPSA) is 107 Å². The van der Waals surface area contributed by atoms with Gasteiger partial charge < -0.3 is 17.2 Å². The molecule has 0 aromatic heterocycles. The van der Waals surface area contributed by atoms with Gasteiger partial charge in [0.2, 0.25) is 0 Å². The molecule has 0 heterocycles. The molecule has 6 N–H and O–H groups in total. The minimum Gasteiger partial charge on any atom is -0.361 e. The molecule has 0 radical (unpaired) electrons. The standard InChI is InChI=1S/C24H46N2O2.H3N/c1-2-3-4-5-6-7-8-9-10-12-16-22(21-17-13-11-14-18-21)19-15-20-26-24(28)23(25)27;/h21-22H,2-20H2,1H3,(H2,25,27)(H,26,28);1H3. The predicted octanol–water partition coefficient (Wildman–Crippen LogP) is 6.04. The minimum atomic E-state index is -0.880. The average molecular weight is 412 g/mol. The maximum atomic E-state index is 11.3. The first kappa shape index (κ1) is 27.9. The highest BCUT2D eigenvalue weighted by atomic mass is 16.2. The number of rotatable bonds is 16. The SMILES string of the molecule is CCCCCCCCCCCCC(CCCNC(=O)C(N)=O)C1CCCCC1.N. The molecule has 0 saturated heterocycles. The van der Waals surface area contributed by atoms with Gasteiger partial charge in [-0.1, -0.05) is 110 Å². The van der Waals surface area contributed by atoms with Crippen molar-refractivity contribution in [3.63, 3.8) is 0 Å². The fourth-order valence-corrected chi connectivity index (χ4v) is 4.77. The summed E-state index contributed by atoms with van der Waals surface area (Å²) in [4.78, 5) is 22.1. The van der Waals surface area contributed by atoms with Crippen LogP contribution in [0.4, 0.5) is 0 Å². The Morgan fingerprint density at radius 3 is 1.90 bits per heavy atom. The number of primary amides is 1. The van der Waals surface area contributed by atoms with E-state index in [1.165, 1.54) is 109 Å². The van der Waals surface area contributed by atoms with Crippen LogP contribution in [0.1, 0.15) is 122 Å². The van der Waals surface area contributed by atoms with E-state index in [0.29, 0.717) is 6.54 Å². The number of amides is 2. The first-order valence-corrected chi connectivity index (χ1v) is 12.2. The Balaban J connectivity index is 0.00000784. The van der Waals surface area contributed by atoms with E-state index < -0.39 is 11.8 Å². The van der Waals surface area contributed by atoms with Crippen LogP contribution in [0.3, 0.4) is 0 Å². The molecule has 0 aromatic carbocycles.